The number of aryl methyl sites for hydroxylation is 1. The van der Waals surface area contributed by atoms with Gasteiger partial charge in [0.2, 0.25) is 5.88 Å². The van der Waals surface area contributed by atoms with E-state index in [1.165, 1.54) is 0 Å². The summed E-state index contributed by atoms with van der Waals surface area (Å²) in [4.78, 5) is 4.12. The molecule has 0 aliphatic carbocycles. The lowest BCUT2D eigenvalue weighted by Crippen LogP contribution is -1.90. The number of benzene rings is 1. The Kier molecular flexibility index (Phi) is 3.49. The predicted octanol–water partition coefficient (Wildman–Crippen LogP) is 3.84. The minimum atomic E-state index is 0.550. The maximum absolute atomic E-state index is 5.93. The van der Waals surface area contributed by atoms with Crippen LogP contribution in [0.4, 0.5) is 0 Å². The highest BCUT2D eigenvalue weighted by Gasteiger charge is 2.04. The molecule has 0 radical (unpaired) electrons. The second-order valence-electron chi connectivity index (χ2n) is 3.57. The van der Waals surface area contributed by atoms with Crippen LogP contribution in [0.1, 0.15) is 5.56 Å². The van der Waals surface area contributed by atoms with E-state index in [1.807, 2.05) is 19.1 Å². The summed E-state index contributed by atoms with van der Waals surface area (Å²) < 4.78 is 10.7. The van der Waals surface area contributed by atoms with Gasteiger partial charge in [-0.2, -0.15) is 0 Å². The van der Waals surface area contributed by atoms with Crippen molar-refractivity contribution in [3.63, 3.8) is 0 Å². The molecule has 17 heavy (non-hydrogen) atoms. The van der Waals surface area contributed by atoms with Crippen LogP contribution in [0.25, 0.3) is 0 Å². The smallest absolute Gasteiger partial charge is 0.219 e. The Bertz CT molecular complexity index is 529. The van der Waals surface area contributed by atoms with Crippen molar-refractivity contribution < 1.29 is 9.47 Å². The van der Waals surface area contributed by atoms with Crippen LogP contribution in [-0.4, -0.2) is 12.1 Å². The van der Waals surface area contributed by atoms with Crippen LogP contribution in [-0.2, 0) is 0 Å². The number of aromatic nitrogens is 1. The van der Waals surface area contributed by atoms with Crippen molar-refractivity contribution in [2.45, 2.75) is 6.92 Å². The van der Waals surface area contributed by atoms with E-state index in [-0.39, 0.29) is 0 Å². The van der Waals surface area contributed by atoms with E-state index in [0.29, 0.717) is 22.4 Å². The van der Waals surface area contributed by atoms with Crippen LogP contribution in [0, 0.1) is 6.92 Å². The number of hydrogen-bond donors (Lipinski definition) is 0. The maximum Gasteiger partial charge on any atom is 0.219 e. The summed E-state index contributed by atoms with van der Waals surface area (Å²) >= 11 is 5.93. The first-order valence-corrected chi connectivity index (χ1v) is 5.51. The van der Waals surface area contributed by atoms with Gasteiger partial charge in [-0.05, 0) is 30.7 Å². The van der Waals surface area contributed by atoms with Gasteiger partial charge in [0, 0.05) is 18.3 Å². The first-order valence-electron chi connectivity index (χ1n) is 5.13. The monoisotopic (exact) mass is 249 g/mol. The fourth-order valence-corrected chi connectivity index (χ4v) is 1.58. The van der Waals surface area contributed by atoms with Crippen LogP contribution >= 0.6 is 11.6 Å². The molecule has 1 aromatic heterocycles. The predicted molar refractivity (Wildman–Crippen MR) is 67.1 cm³/mol. The Morgan fingerprint density at radius 1 is 1.18 bits per heavy atom. The molecule has 0 bridgehead atoms. The van der Waals surface area contributed by atoms with E-state index in [1.54, 1.807) is 31.5 Å². The van der Waals surface area contributed by atoms with E-state index in [2.05, 4.69) is 4.98 Å². The Morgan fingerprint density at radius 3 is 2.71 bits per heavy atom. The molecule has 0 aliphatic rings. The molecule has 1 heterocycles. The average molecular weight is 250 g/mol. The van der Waals surface area contributed by atoms with Crippen molar-refractivity contribution in [2.75, 3.05) is 7.11 Å². The van der Waals surface area contributed by atoms with Crippen molar-refractivity contribution in [1.82, 2.24) is 4.98 Å². The maximum atomic E-state index is 5.93. The van der Waals surface area contributed by atoms with Gasteiger partial charge in [-0.3, -0.25) is 0 Å². The Morgan fingerprint density at radius 2 is 2.00 bits per heavy atom. The molecule has 0 spiro atoms. The molecule has 3 nitrogen and oxygen atoms in total. The van der Waals surface area contributed by atoms with Crippen molar-refractivity contribution in [2.24, 2.45) is 0 Å². The number of hydrogen-bond acceptors (Lipinski definition) is 3. The fraction of sp³-hybridized carbons (Fsp3) is 0.154. The molecule has 0 saturated heterocycles. The van der Waals surface area contributed by atoms with E-state index >= 15 is 0 Å². The first-order chi connectivity index (χ1) is 8.19. The SMILES string of the molecule is COc1cc(Oc2cc(C)ccn2)ccc1Cl. The van der Waals surface area contributed by atoms with Crippen LogP contribution in [0.15, 0.2) is 36.5 Å². The number of nitrogens with zero attached hydrogens (tertiary/aromatic N) is 1. The molecule has 0 aliphatic heterocycles. The number of ether oxygens (including phenoxy) is 2. The topological polar surface area (TPSA) is 31.4 Å². The zero-order valence-electron chi connectivity index (χ0n) is 9.61. The van der Waals surface area contributed by atoms with E-state index < -0.39 is 0 Å². The molecule has 2 rings (SSSR count). The summed E-state index contributed by atoms with van der Waals surface area (Å²) in [6.45, 7) is 1.98. The summed E-state index contributed by atoms with van der Waals surface area (Å²) in [5, 5.41) is 0.553. The molecule has 0 saturated carbocycles. The third kappa shape index (κ3) is 2.88. The summed E-state index contributed by atoms with van der Waals surface area (Å²) in [6, 6.07) is 9.00. The van der Waals surface area contributed by atoms with Gasteiger partial charge in [-0.1, -0.05) is 11.6 Å². The molecule has 1 aromatic carbocycles. The van der Waals surface area contributed by atoms with E-state index in [9.17, 15) is 0 Å². The second-order valence-corrected chi connectivity index (χ2v) is 3.98. The molecule has 0 fully saturated rings. The van der Waals surface area contributed by atoms with Gasteiger partial charge in [0.1, 0.15) is 11.5 Å². The van der Waals surface area contributed by atoms with Gasteiger partial charge in [0.15, 0.2) is 0 Å². The standard InChI is InChI=1S/C13H12ClNO2/c1-9-5-6-15-13(7-9)17-10-3-4-11(14)12(8-10)16-2/h3-8H,1-2H3. The summed E-state index contributed by atoms with van der Waals surface area (Å²) in [7, 11) is 1.57. The average Bonchev–Trinajstić information content (AvgIpc) is 2.32. The van der Waals surface area contributed by atoms with Gasteiger partial charge in [0.25, 0.3) is 0 Å². The zero-order chi connectivity index (χ0) is 12.3. The number of methoxy groups -OCH3 is 1. The molecule has 0 atom stereocenters. The molecule has 4 heteroatoms. The summed E-state index contributed by atoms with van der Waals surface area (Å²) in [6.07, 6.45) is 1.71. The van der Waals surface area contributed by atoms with E-state index in [4.69, 9.17) is 21.1 Å². The molecule has 0 N–H and O–H groups in total. The number of halogens is 1. The zero-order valence-corrected chi connectivity index (χ0v) is 10.4. The van der Waals surface area contributed by atoms with Crippen LogP contribution in [0.2, 0.25) is 5.02 Å². The van der Waals surface area contributed by atoms with Crippen molar-refractivity contribution in [3.05, 3.63) is 47.1 Å². The Hall–Kier alpha value is -1.74. The molecule has 88 valence electrons. The molecule has 2 aromatic rings. The van der Waals surface area contributed by atoms with Crippen molar-refractivity contribution in [3.8, 4) is 17.4 Å². The first kappa shape index (κ1) is 11.7. The fourth-order valence-electron chi connectivity index (χ4n) is 1.39. The summed E-state index contributed by atoms with van der Waals surface area (Å²) in [5.74, 6) is 1.77. The lowest BCUT2D eigenvalue weighted by Gasteiger charge is -2.08. The minimum absolute atomic E-state index is 0.550. The molecule has 0 amide bonds. The van der Waals surface area contributed by atoms with Gasteiger partial charge in [-0.25, -0.2) is 4.98 Å². The third-order valence-electron chi connectivity index (χ3n) is 2.24. The van der Waals surface area contributed by atoms with Gasteiger partial charge in [0.05, 0.1) is 12.1 Å². The highest BCUT2D eigenvalue weighted by Crippen LogP contribution is 2.30. The molecular weight excluding hydrogens is 238 g/mol. The van der Waals surface area contributed by atoms with Crippen LogP contribution < -0.4 is 9.47 Å². The van der Waals surface area contributed by atoms with Gasteiger partial charge in [-0.15, -0.1) is 0 Å². The van der Waals surface area contributed by atoms with Crippen molar-refractivity contribution >= 4 is 11.6 Å². The second kappa shape index (κ2) is 5.06. The normalized spacial score (nSPS) is 10.1. The summed E-state index contributed by atoms with van der Waals surface area (Å²) in [5.41, 5.74) is 1.09. The third-order valence-corrected chi connectivity index (χ3v) is 2.55. The highest BCUT2D eigenvalue weighted by atomic mass is 35.5. The van der Waals surface area contributed by atoms with Gasteiger partial charge < -0.3 is 9.47 Å². The lowest BCUT2D eigenvalue weighted by atomic mass is 10.3. The highest BCUT2D eigenvalue weighted by molar-refractivity contribution is 6.32. The van der Waals surface area contributed by atoms with Gasteiger partial charge >= 0.3 is 0 Å². The van der Waals surface area contributed by atoms with Crippen molar-refractivity contribution in [1.29, 1.82) is 0 Å². The molecule has 0 unspecified atom stereocenters. The minimum Gasteiger partial charge on any atom is -0.495 e. The van der Waals surface area contributed by atoms with E-state index in [0.717, 1.165) is 5.56 Å². The number of pyridine rings is 1. The quantitative estimate of drug-likeness (QED) is 0.828. The van der Waals surface area contributed by atoms with Crippen LogP contribution in [0.5, 0.6) is 17.4 Å². The Balaban J connectivity index is 2.24. The van der Waals surface area contributed by atoms with Crippen LogP contribution in [0.3, 0.4) is 0 Å². The lowest BCUT2D eigenvalue weighted by molar-refractivity contribution is 0.407. The Labute approximate surface area is 105 Å². The number of rotatable bonds is 3. The molecular formula is C13H12ClNO2. The largest absolute Gasteiger partial charge is 0.495 e.